The average Bonchev–Trinajstić information content (AvgIpc) is 2.75. The Morgan fingerprint density at radius 1 is 0.967 bits per heavy atom. The van der Waals surface area contributed by atoms with Gasteiger partial charge in [0.05, 0.1) is 4.90 Å². The van der Waals surface area contributed by atoms with Gasteiger partial charge in [0.25, 0.3) is 0 Å². The molecule has 0 aromatic heterocycles. The molecule has 1 unspecified atom stereocenters. The van der Waals surface area contributed by atoms with E-state index in [-0.39, 0.29) is 11.3 Å². The molecular formula is C22H24FN3O3S. The highest BCUT2D eigenvalue weighted by Gasteiger charge is 2.24. The summed E-state index contributed by atoms with van der Waals surface area (Å²) in [5, 5.41) is 8.24. The molecule has 3 rings (SSSR count). The highest BCUT2D eigenvalue weighted by atomic mass is 32.2. The van der Waals surface area contributed by atoms with Gasteiger partial charge in [-0.2, -0.15) is 4.72 Å². The first-order valence-corrected chi connectivity index (χ1v) is 11.2. The molecule has 0 radical (unpaired) electrons. The normalized spacial score (nSPS) is 12.5. The van der Waals surface area contributed by atoms with E-state index in [1.165, 1.54) is 0 Å². The summed E-state index contributed by atoms with van der Waals surface area (Å²) < 4.78 is 40.3. The second kappa shape index (κ2) is 9.69. The van der Waals surface area contributed by atoms with Gasteiger partial charge in [-0.25, -0.2) is 12.8 Å². The number of hydrogen-bond donors (Lipinski definition) is 3. The fourth-order valence-electron chi connectivity index (χ4n) is 3.08. The molecule has 0 aliphatic heterocycles. The van der Waals surface area contributed by atoms with Crippen molar-refractivity contribution in [3.05, 3.63) is 72.5 Å². The number of nitrogens with one attached hydrogen (secondary N) is 3. The quantitative estimate of drug-likeness (QED) is 0.456. The predicted molar refractivity (Wildman–Crippen MR) is 116 cm³/mol. The van der Waals surface area contributed by atoms with E-state index >= 15 is 0 Å². The Morgan fingerprint density at radius 3 is 2.40 bits per heavy atom. The van der Waals surface area contributed by atoms with Gasteiger partial charge in [0, 0.05) is 24.2 Å². The molecule has 0 aliphatic carbocycles. The van der Waals surface area contributed by atoms with Crippen molar-refractivity contribution in [1.82, 2.24) is 10.0 Å². The summed E-state index contributed by atoms with van der Waals surface area (Å²) in [6.45, 7) is 2.53. The van der Waals surface area contributed by atoms with E-state index in [9.17, 15) is 17.6 Å². The lowest BCUT2D eigenvalue weighted by molar-refractivity contribution is -0.122. The van der Waals surface area contributed by atoms with Crippen LogP contribution in [0.5, 0.6) is 0 Å². The molecule has 3 aromatic rings. The predicted octanol–water partition coefficient (Wildman–Crippen LogP) is 3.26. The minimum atomic E-state index is -3.92. The number of hydrogen-bond acceptors (Lipinski definition) is 4. The van der Waals surface area contributed by atoms with Crippen LogP contribution in [0.3, 0.4) is 0 Å². The summed E-state index contributed by atoms with van der Waals surface area (Å²) in [6.07, 6.45) is 0.281. The van der Waals surface area contributed by atoms with Gasteiger partial charge in [-0.05, 0) is 42.1 Å². The van der Waals surface area contributed by atoms with Crippen LogP contribution in [0.15, 0.2) is 71.6 Å². The van der Waals surface area contributed by atoms with Crippen molar-refractivity contribution >= 4 is 32.4 Å². The van der Waals surface area contributed by atoms with Gasteiger partial charge in [-0.3, -0.25) is 4.79 Å². The number of sulfonamides is 1. The standard InChI is InChI=1S/C22H24FN3O3S/c1-2-20(26-30(28,29)18-12-10-17(23)11-13-18)22(27)25-15-14-24-21-9-5-7-16-6-3-4-8-19(16)21/h3-13,20,24,26H,2,14-15H2,1H3,(H,25,27). The van der Waals surface area contributed by atoms with Gasteiger partial charge in [0.1, 0.15) is 11.9 Å². The largest absolute Gasteiger partial charge is 0.383 e. The number of anilines is 1. The van der Waals surface area contributed by atoms with Gasteiger partial charge in [0.15, 0.2) is 0 Å². The van der Waals surface area contributed by atoms with E-state index in [0.717, 1.165) is 40.7 Å². The fourth-order valence-corrected chi connectivity index (χ4v) is 4.36. The molecule has 3 aromatic carbocycles. The summed E-state index contributed by atoms with van der Waals surface area (Å²) in [7, 11) is -3.92. The van der Waals surface area contributed by atoms with E-state index in [1.54, 1.807) is 6.92 Å². The van der Waals surface area contributed by atoms with Crippen molar-refractivity contribution in [2.24, 2.45) is 0 Å². The maximum Gasteiger partial charge on any atom is 0.241 e. The first kappa shape index (κ1) is 21.7. The molecule has 0 bridgehead atoms. The zero-order valence-corrected chi connectivity index (χ0v) is 17.4. The summed E-state index contributed by atoms with van der Waals surface area (Å²) in [4.78, 5) is 12.3. The zero-order valence-electron chi connectivity index (χ0n) is 16.6. The molecule has 3 N–H and O–H groups in total. The molecule has 0 fully saturated rings. The number of amides is 1. The van der Waals surface area contributed by atoms with Crippen molar-refractivity contribution in [3.63, 3.8) is 0 Å². The summed E-state index contributed by atoms with van der Waals surface area (Å²) in [5.41, 5.74) is 0.964. The maximum absolute atomic E-state index is 13.0. The first-order valence-electron chi connectivity index (χ1n) is 9.68. The second-order valence-corrected chi connectivity index (χ2v) is 8.49. The fraction of sp³-hybridized carbons (Fsp3) is 0.227. The molecule has 0 heterocycles. The van der Waals surface area contributed by atoms with Crippen LogP contribution in [0.1, 0.15) is 13.3 Å². The van der Waals surface area contributed by atoms with Crippen LogP contribution in [0.25, 0.3) is 10.8 Å². The van der Waals surface area contributed by atoms with Crippen molar-refractivity contribution in [2.75, 3.05) is 18.4 Å². The number of carbonyl (C=O) groups excluding carboxylic acids is 1. The summed E-state index contributed by atoms with van der Waals surface area (Å²) in [5.74, 6) is -0.944. The van der Waals surface area contributed by atoms with Crippen LogP contribution in [-0.4, -0.2) is 33.5 Å². The molecule has 1 atom stereocenters. The molecule has 8 heteroatoms. The van der Waals surface area contributed by atoms with E-state index in [0.29, 0.717) is 13.1 Å². The third-order valence-electron chi connectivity index (χ3n) is 4.68. The Hall–Kier alpha value is -2.97. The minimum Gasteiger partial charge on any atom is -0.383 e. The highest BCUT2D eigenvalue weighted by Crippen LogP contribution is 2.22. The zero-order chi connectivity index (χ0) is 21.6. The number of benzene rings is 3. The lowest BCUT2D eigenvalue weighted by Gasteiger charge is -2.17. The summed E-state index contributed by atoms with van der Waals surface area (Å²) in [6, 6.07) is 17.5. The first-order chi connectivity index (χ1) is 14.4. The van der Waals surface area contributed by atoms with Gasteiger partial charge in [-0.1, -0.05) is 43.3 Å². The highest BCUT2D eigenvalue weighted by molar-refractivity contribution is 7.89. The molecule has 0 aliphatic rings. The van der Waals surface area contributed by atoms with Crippen LogP contribution in [-0.2, 0) is 14.8 Å². The Balaban J connectivity index is 1.54. The van der Waals surface area contributed by atoms with Crippen LogP contribution < -0.4 is 15.4 Å². The van der Waals surface area contributed by atoms with E-state index in [4.69, 9.17) is 0 Å². The Labute approximate surface area is 175 Å². The average molecular weight is 430 g/mol. The molecule has 0 spiro atoms. The second-order valence-electron chi connectivity index (χ2n) is 6.78. The monoisotopic (exact) mass is 429 g/mol. The Kier molecular flexibility index (Phi) is 7.02. The molecule has 1 amide bonds. The number of fused-ring (bicyclic) bond motifs is 1. The minimum absolute atomic E-state index is 0.0900. The van der Waals surface area contributed by atoms with Crippen LogP contribution in [0.4, 0.5) is 10.1 Å². The lowest BCUT2D eigenvalue weighted by atomic mass is 10.1. The lowest BCUT2D eigenvalue weighted by Crippen LogP contribution is -2.47. The van der Waals surface area contributed by atoms with Gasteiger partial charge in [0.2, 0.25) is 15.9 Å². The molecule has 158 valence electrons. The molecule has 0 saturated carbocycles. The van der Waals surface area contributed by atoms with Crippen molar-refractivity contribution < 1.29 is 17.6 Å². The van der Waals surface area contributed by atoms with Gasteiger partial charge in [-0.15, -0.1) is 0 Å². The van der Waals surface area contributed by atoms with Crippen LogP contribution in [0.2, 0.25) is 0 Å². The molecule has 0 saturated heterocycles. The topological polar surface area (TPSA) is 87.3 Å². The van der Waals surface area contributed by atoms with Crippen LogP contribution in [0, 0.1) is 5.82 Å². The van der Waals surface area contributed by atoms with Crippen molar-refractivity contribution in [2.45, 2.75) is 24.3 Å². The number of carbonyl (C=O) groups is 1. The number of rotatable bonds is 9. The Bertz CT molecular complexity index is 1110. The van der Waals surface area contributed by atoms with E-state index < -0.39 is 27.8 Å². The third kappa shape index (κ3) is 5.34. The Morgan fingerprint density at radius 2 is 1.67 bits per heavy atom. The molecule has 30 heavy (non-hydrogen) atoms. The SMILES string of the molecule is CCC(NS(=O)(=O)c1ccc(F)cc1)C(=O)NCCNc1cccc2ccccc12. The molecular weight excluding hydrogens is 405 g/mol. The van der Waals surface area contributed by atoms with E-state index in [1.807, 2.05) is 42.5 Å². The molecule has 6 nitrogen and oxygen atoms in total. The smallest absolute Gasteiger partial charge is 0.241 e. The number of halogens is 1. The summed E-state index contributed by atoms with van der Waals surface area (Å²) >= 11 is 0. The van der Waals surface area contributed by atoms with Crippen molar-refractivity contribution in [1.29, 1.82) is 0 Å². The maximum atomic E-state index is 13.0. The third-order valence-corrected chi connectivity index (χ3v) is 6.16. The van der Waals surface area contributed by atoms with E-state index in [2.05, 4.69) is 15.4 Å². The van der Waals surface area contributed by atoms with Crippen LogP contribution >= 0.6 is 0 Å². The van der Waals surface area contributed by atoms with Gasteiger partial charge >= 0.3 is 0 Å². The van der Waals surface area contributed by atoms with Gasteiger partial charge < -0.3 is 10.6 Å². The van der Waals surface area contributed by atoms with Crippen molar-refractivity contribution in [3.8, 4) is 0 Å².